The summed E-state index contributed by atoms with van der Waals surface area (Å²) in [5, 5.41) is 5.20. The van der Waals surface area contributed by atoms with Gasteiger partial charge in [-0.25, -0.2) is 8.78 Å². The minimum atomic E-state index is -4.88. The van der Waals surface area contributed by atoms with E-state index in [0.717, 1.165) is 12.1 Å². The first kappa shape index (κ1) is 23.9. The SMILES string of the molecule is O=C(Nc1cc2c(c3c1C(c1cc(F)ccc1Cl)NC3=O)OCCO2)c1cc(F)cc(C(F)(F)F)c1. The Bertz CT molecular complexity index is 1430. The van der Waals surface area contributed by atoms with Crippen LogP contribution in [-0.2, 0) is 6.18 Å². The summed E-state index contributed by atoms with van der Waals surface area (Å²) in [7, 11) is 0. The van der Waals surface area contributed by atoms with E-state index < -0.39 is 46.8 Å². The Hall–Kier alpha value is -3.86. The molecule has 36 heavy (non-hydrogen) atoms. The van der Waals surface area contributed by atoms with Crippen molar-refractivity contribution in [3.05, 3.63) is 86.9 Å². The van der Waals surface area contributed by atoms with Crippen LogP contribution in [0.2, 0.25) is 5.02 Å². The molecule has 0 spiro atoms. The van der Waals surface area contributed by atoms with Gasteiger partial charge in [-0.05, 0) is 36.4 Å². The zero-order chi connectivity index (χ0) is 25.8. The van der Waals surface area contributed by atoms with Crippen LogP contribution in [0, 0.1) is 11.6 Å². The zero-order valence-electron chi connectivity index (χ0n) is 17.9. The second kappa shape index (κ2) is 8.66. The van der Waals surface area contributed by atoms with Gasteiger partial charge in [-0.2, -0.15) is 13.2 Å². The van der Waals surface area contributed by atoms with Crippen LogP contribution in [0.5, 0.6) is 11.5 Å². The number of fused-ring (bicyclic) bond motifs is 3. The molecule has 2 N–H and O–H groups in total. The van der Waals surface area contributed by atoms with Gasteiger partial charge in [0, 0.05) is 27.8 Å². The molecule has 0 aromatic heterocycles. The molecular weight excluding hydrogens is 511 g/mol. The highest BCUT2D eigenvalue weighted by Gasteiger charge is 2.40. The second-order valence-corrected chi connectivity index (χ2v) is 8.40. The van der Waals surface area contributed by atoms with Crippen LogP contribution in [0.25, 0.3) is 0 Å². The third-order valence-corrected chi connectivity index (χ3v) is 6.01. The first-order valence-electron chi connectivity index (χ1n) is 10.4. The molecule has 2 amide bonds. The van der Waals surface area contributed by atoms with Crippen LogP contribution in [0.15, 0.2) is 42.5 Å². The molecule has 3 aromatic carbocycles. The number of alkyl halides is 3. The van der Waals surface area contributed by atoms with Crippen molar-refractivity contribution in [2.24, 2.45) is 0 Å². The number of amides is 2. The first-order chi connectivity index (χ1) is 17.0. The number of hydrogen-bond donors (Lipinski definition) is 2. The van der Waals surface area contributed by atoms with E-state index in [1.54, 1.807) is 0 Å². The quantitative estimate of drug-likeness (QED) is 0.444. The number of anilines is 1. The topological polar surface area (TPSA) is 76.7 Å². The van der Waals surface area contributed by atoms with Crippen molar-refractivity contribution < 1.29 is 41.0 Å². The lowest BCUT2D eigenvalue weighted by molar-refractivity contribution is -0.137. The molecule has 2 heterocycles. The van der Waals surface area contributed by atoms with E-state index in [4.69, 9.17) is 21.1 Å². The summed E-state index contributed by atoms with van der Waals surface area (Å²) >= 11 is 6.26. The van der Waals surface area contributed by atoms with Gasteiger partial charge < -0.3 is 20.1 Å². The van der Waals surface area contributed by atoms with Crippen LogP contribution < -0.4 is 20.1 Å². The molecule has 186 valence electrons. The van der Waals surface area contributed by atoms with Gasteiger partial charge in [0.15, 0.2) is 11.5 Å². The van der Waals surface area contributed by atoms with Crippen molar-refractivity contribution in [2.75, 3.05) is 18.5 Å². The molecule has 0 aliphatic carbocycles. The van der Waals surface area contributed by atoms with Gasteiger partial charge in [-0.1, -0.05) is 11.6 Å². The number of carbonyl (C=O) groups excluding carboxylic acids is 2. The first-order valence-corrected chi connectivity index (χ1v) is 10.8. The standard InChI is InChI=1S/C24H14ClF5N2O4/c25-15-2-1-12(26)8-14(15)20-18-16(9-17-21(36-4-3-35-17)19(18)23(34)32-20)31-22(33)10-5-11(24(28,29)30)7-13(27)6-10/h1-2,5-9,20H,3-4H2,(H,31,33)(H,32,34). The normalized spacial score (nSPS) is 16.4. The summed E-state index contributed by atoms with van der Waals surface area (Å²) < 4.78 is 78.5. The van der Waals surface area contributed by atoms with Crippen molar-refractivity contribution in [2.45, 2.75) is 12.2 Å². The maximum atomic E-state index is 14.0. The average molecular weight is 525 g/mol. The van der Waals surface area contributed by atoms with E-state index in [9.17, 15) is 31.5 Å². The molecule has 12 heteroatoms. The van der Waals surface area contributed by atoms with Crippen molar-refractivity contribution >= 4 is 29.1 Å². The number of hydrogen-bond acceptors (Lipinski definition) is 4. The highest BCUT2D eigenvalue weighted by Crippen LogP contribution is 2.48. The summed E-state index contributed by atoms with van der Waals surface area (Å²) in [6.45, 7) is 0.270. The molecule has 6 nitrogen and oxygen atoms in total. The molecule has 0 saturated carbocycles. The summed E-state index contributed by atoms with van der Waals surface area (Å²) in [5.41, 5.74) is -1.70. The second-order valence-electron chi connectivity index (χ2n) is 7.99. The largest absolute Gasteiger partial charge is 0.486 e. The molecule has 2 aliphatic rings. The van der Waals surface area contributed by atoms with Crippen molar-refractivity contribution in [3.8, 4) is 11.5 Å². The average Bonchev–Trinajstić information content (AvgIpc) is 3.17. The van der Waals surface area contributed by atoms with Crippen molar-refractivity contribution in [1.82, 2.24) is 5.32 Å². The van der Waals surface area contributed by atoms with Gasteiger partial charge in [0.05, 0.1) is 22.9 Å². The summed E-state index contributed by atoms with van der Waals surface area (Å²) in [5.74, 6) is -3.41. The van der Waals surface area contributed by atoms with E-state index in [2.05, 4.69) is 10.6 Å². The summed E-state index contributed by atoms with van der Waals surface area (Å²) in [6, 6.07) is 5.22. The van der Waals surface area contributed by atoms with Gasteiger partial charge >= 0.3 is 6.18 Å². The highest BCUT2D eigenvalue weighted by atomic mass is 35.5. The number of nitrogens with one attached hydrogen (secondary N) is 2. The van der Waals surface area contributed by atoms with E-state index in [-0.39, 0.29) is 58.2 Å². The Morgan fingerprint density at radius 1 is 1.03 bits per heavy atom. The molecule has 0 bridgehead atoms. The monoisotopic (exact) mass is 524 g/mol. The van der Waals surface area contributed by atoms with Gasteiger partial charge in [0.2, 0.25) is 0 Å². The molecule has 0 saturated heterocycles. The minimum Gasteiger partial charge on any atom is -0.486 e. The van der Waals surface area contributed by atoms with E-state index >= 15 is 0 Å². The Kier molecular flexibility index (Phi) is 5.74. The van der Waals surface area contributed by atoms with Gasteiger partial charge in [0.25, 0.3) is 11.8 Å². The maximum absolute atomic E-state index is 14.0. The summed E-state index contributed by atoms with van der Waals surface area (Å²) in [4.78, 5) is 25.9. The minimum absolute atomic E-state index is 0.0111. The molecule has 3 aromatic rings. The number of benzene rings is 3. The number of halogens is 6. The highest BCUT2D eigenvalue weighted by molar-refractivity contribution is 6.31. The van der Waals surface area contributed by atoms with Crippen LogP contribution in [0.1, 0.15) is 43.4 Å². The number of rotatable bonds is 3. The lowest BCUT2D eigenvalue weighted by Gasteiger charge is -2.23. The van der Waals surface area contributed by atoms with Crippen LogP contribution in [0.3, 0.4) is 0 Å². The Morgan fingerprint density at radius 2 is 1.78 bits per heavy atom. The predicted molar refractivity (Wildman–Crippen MR) is 118 cm³/mol. The van der Waals surface area contributed by atoms with E-state index in [1.165, 1.54) is 12.1 Å². The third kappa shape index (κ3) is 4.19. The van der Waals surface area contributed by atoms with Crippen LogP contribution >= 0.6 is 11.6 Å². The zero-order valence-corrected chi connectivity index (χ0v) is 18.7. The lowest BCUT2D eigenvalue weighted by Crippen LogP contribution is -2.21. The smallest absolute Gasteiger partial charge is 0.416 e. The fourth-order valence-corrected chi connectivity index (χ4v) is 4.38. The van der Waals surface area contributed by atoms with Crippen molar-refractivity contribution in [1.29, 1.82) is 0 Å². The fourth-order valence-electron chi connectivity index (χ4n) is 4.15. The van der Waals surface area contributed by atoms with Gasteiger partial charge in [-0.15, -0.1) is 0 Å². The molecular formula is C24H14ClF5N2O4. The fraction of sp³-hybridized carbons (Fsp3) is 0.167. The molecule has 1 atom stereocenters. The Balaban J connectivity index is 1.64. The molecule has 2 aliphatic heterocycles. The van der Waals surface area contributed by atoms with Crippen LogP contribution in [0.4, 0.5) is 27.6 Å². The molecule has 0 radical (unpaired) electrons. The van der Waals surface area contributed by atoms with Gasteiger partial charge in [-0.3, -0.25) is 9.59 Å². The van der Waals surface area contributed by atoms with Crippen LogP contribution in [-0.4, -0.2) is 25.0 Å². The Morgan fingerprint density at radius 3 is 2.53 bits per heavy atom. The number of carbonyl (C=O) groups is 2. The molecule has 0 fully saturated rings. The lowest BCUT2D eigenvalue weighted by atomic mass is 9.95. The van der Waals surface area contributed by atoms with Gasteiger partial charge in [0.1, 0.15) is 24.8 Å². The number of ether oxygens (including phenoxy) is 2. The maximum Gasteiger partial charge on any atom is 0.416 e. The molecule has 5 rings (SSSR count). The van der Waals surface area contributed by atoms with E-state index in [1.807, 2.05) is 0 Å². The van der Waals surface area contributed by atoms with E-state index in [0.29, 0.717) is 12.1 Å². The van der Waals surface area contributed by atoms with Crippen molar-refractivity contribution in [3.63, 3.8) is 0 Å². The predicted octanol–water partition coefficient (Wildman–Crippen LogP) is 5.49. The molecule has 1 unspecified atom stereocenters. The third-order valence-electron chi connectivity index (χ3n) is 5.67. The summed E-state index contributed by atoms with van der Waals surface area (Å²) in [6.07, 6.45) is -4.88. The Labute approximate surface area is 205 Å².